The lowest BCUT2D eigenvalue weighted by Gasteiger charge is -2.21. The molecule has 0 fully saturated rings. The molecule has 0 radical (unpaired) electrons. The first kappa shape index (κ1) is 14.2. The van der Waals surface area contributed by atoms with E-state index in [9.17, 15) is 0 Å². The van der Waals surface area contributed by atoms with Crippen LogP contribution in [0.4, 0.5) is 0 Å². The van der Waals surface area contributed by atoms with Crippen LogP contribution in [0.3, 0.4) is 0 Å². The standard InChI is InChI=1S/C15H24N2O2/c1-11(2)13(8-16-3)9-17-7-12-4-5-14-15(6-12)19-10-18-14/h4-6,11,13,16-17H,7-10H2,1-3H3. The minimum atomic E-state index is 0.337. The Balaban J connectivity index is 1.82. The van der Waals surface area contributed by atoms with Gasteiger partial charge in [-0.1, -0.05) is 19.9 Å². The highest BCUT2D eigenvalue weighted by Crippen LogP contribution is 2.32. The second-order valence-electron chi connectivity index (χ2n) is 5.38. The lowest BCUT2D eigenvalue weighted by atomic mass is 9.96. The summed E-state index contributed by atoms with van der Waals surface area (Å²) in [7, 11) is 2.01. The van der Waals surface area contributed by atoms with Crippen molar-refractivity contribution < 1.29 is 9.47 Å². The van der Waals surface area contributed by atoms with Gasteiger partial charge in [0.1, 0.15) is 0 Å². The highest BCUT2D eigenvalue weighted by Gasteiger charge is 2.14. The number of benzene rings is 1. The van der Waals surface area contributed by atoms with Gasteiger partial charge in [0, 0.05) is 6.54 Å². The predicted octanol–water partition coefficient (Wildman–Crippen LogP) is 2.00. The van der Waals surface area contributed by atoms with Crippen LogP contribution in [0.15, 0.2) is 18.2 Å². The minimum Gasteiger partial charge on any atom is -0.454 e. The molecule has 1 aliphatic heterocycles. The molecular weight excluding hydrogens is 240 g/mol. The van der Waals surface area contributed by atoms with Crippen LogP contribution < -0.4 is 20.1 Å². The second kappa shape index (κ2) is 6.78. The minimum absolute atomic E-state index is 0.337. The Labute approximate surface area is 115 Å². The zero-order valence-corrected chi connectivity index (χ0v) is 12.0. The van der Waals surface area contributed by atoms with Crippen LogP contribution in [0.25, 0.3) is 0 Å². The molecule has 1 unspecified atom stereocenters. The van der Waals surface area contributed by atoms with Crippen molar-refractivity contribution in [3.63, 3.8) is 0 Å². The smallest absolute Gasteiger partial charge is 0.231 e. The Morgan fingerprint density at radius 1 is 1.16 bits per heavy atom. The maximum Gasteiger partial charge on any atom is 0.231 e. The molecule has 19 heavy (non-hydrogen) atoms. The molecule has 4 heteroatoms. The lowest BCUT2D eigenvalue weighted by Crippen LogP contribution is -2.32. The Bertz CT molecular complexity index is 407. The largest absolute Gasteiger partial charge is 0.454 e. The van der Waals surface area contributed by atoms with Crippen LogP contribution in [-0.4, -0.2) is 26.9 Å². The average molecular weight is 264 g/mol. The summed E-state index contributed by atoms with van der Waals surface area (Å²) in [6.45, 7) is 7.81. The highest BCUT2D eigenvalue weighted by molar-refractivity contribution is 5.44. The molecule has 1 atom stereocenters. The molecule has 0 bridgehead atoms. The zero-order chi connectivity index (χ0) is 13.7. The topological polar surface area (TPSA) is 42.5 Å². The number of nitrogens with one attached hydrogen (secondary N) is 2. The number of ether oxygens (including phenoxy) is 2. The van der Waals surface area contributed by atoms with Crippen LogP contribution in [0.5, 0.6) is 11.5 Å². The Hall–Kier alpha value is -1.26. The Kier molecular flexibility index (Phi) is 5.05. The number of rotatable bonds is 7. The number of hydrogen-bond acceptors (Lipinski definition) is 4. The van der Waals surface area contributed by atoms with Crippen molar-refractivity contribution in [3.05, 3.63) is 23.8 Å². The van der Waals surface area contributed by atoms with E-state index in [0.29, 0.717) is 18.6 Å². The summed E-state index contributed by atoms with van der Waals surface area (Å²) in [5.74, 6) is 3.03. The summed E-state index contributed by atoms with van der Waals surface area (Å²) in [5.41, 5.74) is 1.23. The third kappa shape index (κ3) is 3.85. The molecule has 4 nitrogen and oxygen atoms in total. The fourth-order valence-corrected chi connectivity index (χ4v) is 2.26. The first-order chi connectivity index (χ1) is 9.20. The Morgan fingerprint density at radius 3 is 2.68 bits per heavy atom. The normalized spacial score (nSPS) is 14.9. The second-order valence-corrected chi connectivity index (χ2v) is 5.38. The quantitative estimate of drug-likeness (QED) is 0.790. The van der Waals surface area contributed by atoms with Crippen molar-refractivity contribution in [1.29, 1.82) is 0 Å². The van der Waals surface area contributed by atoms with Crippen LogP contribution in [0.1, 0.15) is 19.4 Å². The van der Waals surface area contributed by atoms with Gasteiger partial charge in [0.25, 0.3) is 0 Å². The summed E-state index contributed by atoms with van der Waals surface area (Å²) < 4.78 is 10.7. The van der Waals surface area contributed by atoms with Crippen molar-refractivity contribution in [3.8, 4) is 11.5 Å². The van der Waals surface area contributed by atoms with E-state index in [2.05, 4.69) is 36.6 Å². The van der Waals surface area contributed by atoms with E-state index in [-0.39, 0.29) is 0 Å². The van der Waals surface area contributed by atoms with Gasteiger partial charge in [0.2, 0.25) is 6.79 Å². The summed E-state index contributed by atoms with van der Waals surface area (Å²) >= 11 is 0. The number of hydrogen-bond donors (Lipinski definition) is 2. The van der Waals surface area contributed by atoms with Crippen molar-refractivity contribution in [2.45, 2.75) is 20.4 Å². The highest BCUT2D eigenvalue weighted by atomic mass is 16.7. The van der Waals surface area contributed by atoms with Gasteiger partial charge < -0.3 is 20.1 Å². The zero-order valence-electron chi connectivity index (χ0n) is 12.0. The summed E-state index contributed by atoms with van der Waals surface area (Å²) in [4.78, 5) is 0. The molecule has 1 aromatic carbocycles. The molecule has 0 spiro atoms. The van der Waals surface area contributed by atoms with Gasteiger partial charge in [-0.3, -0.25) is 0 Å². The van der Waals surface area contributed by atoms with Crippen molar-refractivity contribution in [2.24, 2.45) is 11.8 Å². The molecular formula is C15H24N2O2. The maximum atomic E-state index is 5.38. The third-order valence-electron chi connectivity index (χ3n) is 3.58. The van der Waals surface area contributed by atoms with Gasteiger partial charge in [0.05, 0.1) is 0 Å². The van der Waals surface area contributed by atoms with Gasteiger partial charge in [-0.25, -0.2) is 0 Å². The fourth-order valence-electron chi connectivity index (χ4n) is 2.26. The summed E-state index contributed by atoms with van der Waals surface area (Å²) in [6.07, 6.45) is 0. The molecule has 2 rings (SSSR count). The van der Waals surface area contributed by atoms with Crippen LogP contribution in [0.2, 0.25) is 0 Å². The Morgan fingerprint density at radius 2 is 1.95 bits per heavy atom. The van der Waals surface area contributed by atoms with E-state index in [4.69, 9.17) is 9.47 Å². The maximum absolute atomic E-state index is 5.38. The molecule has 1 aromatic rings. The van der Waals surface area contributed by atoms with Crippen LogP contribution >= 0.6 is 0 Å². The van der Waals surface area contributed by atoms with E-state index in [1.165, 1.54) is 5.56 Å². The van der Waals surface area contributed by atoms with E-state index in [0.717, 1.165) is 31.1 Å². The van der Waals surface area contributed by atoms with Gasteiger partial charge >= 0.3 is 0 Å². The molecule has 0 saturated carbocycles. The SMILES string of the molecule is CNCC(CNCc1ccc2c(c1)OCO2)C(C)C. The van der Waals surface area contributed by atoms with E-state index in [1.54, 1.807) is 0 Å². The van der Waals surface area contributed by atoms with Gasteiger partial charge in [0.15, 0.2) is 11.5 Å². The monoisotopic (exact) mass is 264 g/mol. The first-order valence-electron chi connectivity index (χ1n) is 6.94. The number of fused-ring (bicyclic) bond motifs is 1. The van der Waals surface area contributed by atoms with E-state index < -0.39 is 0 Å². The van der Waals surface area contributed by atoms with E-state index >= 15 is 0 Å². The van der Waals surface area contributed by atoms with Crippen LogP contribution in [-0.2, 0) is 6.54 Å². The molecule has 0 aromatic heterocycles. The first-order valence-corrected chi connectivity index (χ1v) is 6.94. The molecule has 1 heterocycles. The average Bonchev–Trinajstić information content (AvgIpc) is 2.85. The fraction of sp³-hybridized carbons (Fsp3) is 0.600. The van der Waals surface area contributed by atoms with Crippen molar-refractivity contribution >= 4 is 0 Å². The van der Waals surface area contributed by atoms with E-state index in [1.807, 2.05) is 13.1 Å². The third-order valence-corrected chi connectivity index (χ3v) is 3.58. The van der Waals surface area contributed by atoms with Gasteiger partial charge in [-0.05, 0) is 49.7 Å². The van der Waals surface area contributed by atoms with Gasteiger partial charge in [-0.2, -0.15) is 0 Å². The van der Waals surface area contributed by atoms with Crippen molar-refractivity contribution in [1.82, 2.24) is 10.6 Å². The summed E-state index contributed by atoms with van der Waals surface area (Å²) in [6, 6.07) is 6.12. The molecule has 0 aliphatic carbocycles. The molecule has 106 valence electrons. The molecule has 2 N–H and O–H groups in total. The molecule has 0 amide bonds. The van der Waals surface area contributed by atoms with Crippen molar-refractivity contribution in [2.75, 3.05) is 26.9 Å². The lowest BCUT2D eigenvalue weighted by molar-refractivity contribution is 0.174. The molecule has 1 aliphatic rings. The summed E-state index contributed by atoms with van der Waals surface area (Å²) in [5, 5.41) is 6.78. The van der Waals surface area contributed by atoms with Crippen LogP contribution in [0, 0.1) is 11.8 Å². The molecule has 0 saturated heterocycles. The predicted molar refractivity (Wildman–Crippen MR) is 76.5 cm³/mol. The van der Waals surface area contributed by atoms with Gasteiger partial charge in [-0.15, -0.1) is 0 Å².